The summed E-state index contributed by atoms with van der Waals surface area (Å²) in [6.07, 6.45) is -4.72. The fourth-order valence-electron chi connectivity index (χ4n) is 1.46. The molecular formula is C12H9F3O3. The third-order valence-corrected chi connectivity index (χ3v) is 2.17. The summed E-state index contributed by atoms with van der Waals surface area (Å²) in [6.45, 7) is -0.265. The average Bonchev–Trinajstić information content (AvgIpc) is 2.75. The van der Waals surface area contributed by atoms with Gasteiger partial charge in [0.05, 0.1) is 0 Å². The van der Waals surface area contributed by atoms with Crippen molar-refractivity contribution in [3.63, 3.8) is 0 Å². The molecule has 0 radical (unpaired) electrons. The lowest BCUT2D eigenvalue weighted by atomic mass is 10.2. The van der Waals surface area contributed by atoms with Gasteiger partial charge in [-0.2, -0.15) is 0 Å². The van der Waals surface area contributed by atoms with E-state index in [1.165, 1.54) is 18.2 Å². The highest BCUT2D eigenvalue weighted by Crippen LogP contribution is 2.28. The second-order valence-corrected chi connectivity index (χ2v) is 3.50. The van der Waals surface area contributed by atoms with Crippen LogP contribution < -0.4 is 4.74 Å². The third-order valence-electron chi connectivity index (χ3n) is 2.17. The number of benzene rings is 1. The zero-order valence-electron chi connectivity index (χ0n) is 9.07. The van der Waals surface area contributed by atoms with Crippen molar-refractivity contribution < 1.29 is 27.4 Å². The molecule has 1 N–H and O–H groups in total. The van der Waals surface area contributed by atoms with Crippen LogP contribution in [0.25, 0.3) is 11.3 Å². The van der Waals surface area contributed by atoms with Crippen molar-refractivity contribution in [1.29, 1.82) is 0 Å². The van der Waals surface area contributed by atoms with Crippen LogP contribution in [0.3, 0.4) is 0 Å². The quantitative estimate of drug-likeness (QED) is 0.918. The molecule has 0 aliphatic rings. The first-order chi connectivity index (χ1) is 8.48. The topological polar surface area (TPSA) is 42.6 Å². The fraction of sp³-hybridized carbons (Fsp3) is 0.167. The lowest BCUT2D eigenvalue weighted by Gasteiger charge is -2.09. The molecule has 0 unspecified atom stereocenters. The molecule has 0 aliphatic heterocycles. The lowest BCUT2D eigenvalue weighted by molar-refractivity contribution is -0.274. The zero-order chi connectivity index (χ0) is 13.2. The summed E-state index contributed by atoms with van der Waals surface area (Å²) in [5, 5.41) is 8.84. The molecule has 18 heavy (non-hydrogen) atoms. The summed E-state index contributed by atoms with van der Waals surface area (Å²) in [5.74, 6) is 0.390. The molecule has 0 saturated carbocycles. The molecule has 0 amide bonds. The van der Waals surface area contributed by atoms with Crippen molar-refractivity contribution >= 4 is 0 Å². The van der Waals surface area contributed by atoms with Crippen LogP contribution >= 0.6 is 0 Å². The Morgan fingerprint density at radius 3 is 2.56 bits per heavy atom. The lowest BCUT2D eigenvalue weighted by Crippen LogP contribution is -2.17. The number of rotatable bonds is 3. The van der Waals surface area contributed by atoms with Gasteiger partial charge in [0, 0.05) is 5.56 Å². The number of furan rings is 1. The van der Waals surface area contributed by atoms with Gasteiger partial charge in [0.1, 0.15) is 23.9 Å². The van der Waals surface area contributed by atoms with E-state index in [4.69, 9.17) is 9.52 Å². The van der Waals surface area contributed by atoms with Crippen LogP contribution in [-0.4, -0.2) is 11.5 Å². The molecule has 6 heteroatoms. The van der Waals surface area contributed by atoms with E-state index in [-0.39, 0.29) is 12.4 Å². The van der Waals surface area contributed by atoms with Crippen molar-refractivity contribution in [2.45, 2.75) is 13.0 Å². The van der Waals surface area contributed by atoms with Gasteiger partial charge in [-0.25, -0.2) is 0 Å². The summed E-state index contributed by atoms with van der Waals surface area (Å²) in [7, 11) is 0. The van der Waals surface area contributed by atoms with E-state index in [0.29, 0.717) is 17.1 Å². The number of aliphatic hydroxyl groups excluding tert-OH is 1. The Balaban J connectivity index is 2.26. The van der Waals surface area contributed by atoms with Crippen LogP contribution in [0.1, 0.15) is 5.76 Å². The van der Waals surface area contributed by atoms with Crippen LogP contribution in [0.5, 0.6) is 5.75 Å². The first-order valence-electron chi connectivity index (χ1n) is 5.04. The minimum absolute atomic E-state index is 0.265. The van der Waals surface area contributed by atoms with Gasteiger partial charge in [-0.3, -0.25) is 0 Å². The monoisotopic (exact) mass is 258 g/mol. The molecule has 0 fully saturated rings. The van der Waals surface area contributed by atoms with Crippen molar-refractivity contribution in [2.75, 3.05) is 0 Å². The highest BCUT2D eigenvalue weighted by Gasteiger charge is 2.31. The summed E-state index contributed by atoms with van der Waals surface area (Å²) in [4.78, 5) is 0. The number of alkyl halides is 3. The van der Waals surface area contributed by atoms with E-state index >= 15 is 0 Å². The van der Waals surface area contributed by atoms with Gasteiger partial charge in [0.25, 0.3) is 0 Å². The van der Waals surface area contributed by atoms with E-state index < -0.39 is 6.36 Å². The maximum absolute atomic E-state index is 12.1. The van der Waals surface area contributed by atoms with Crippen LogP contribution in [0, 0.1) is 0 Å². The van der Waals surface area contributed by atoms with Crippen LogP contribution in [0.2, 0.25) is 0 Å². The predicted octanol–water partition coefficient (Wildman–Crippen LogP) is 3.34. The Labute approximate surface area is 100 Å². The van der Waals surface area contributed by atoms with E-state index in [9.17, 15) is 13.2 Å². The second-order valence-electron chi connectivity index (χ2n) is 3.50. The maximum atomic E-state index is 12.1. The number of halogens is 3. The third kappa shape index (κ3) is 3.04. The zero-order valence-corrected chi connectivity index (χ0v) is 9.07. The maximum Gasteiger partial charge on any atom is 0.573 e. The SMILES string of the molecule is OCc1ccc(-c2cccc(OC(F)(F)F)c2)o1. The van der Waals surface area contributed by atoms with Crippen LogP contribution in [0.4, 0.5) is 13.2 Å². The van der Waals surface area contributed by atoms with Crippen molar-refractivity contribution in [1.82, 2.24) is 0 Å². The number of ether oxygens (including phenoxy) is 1. The highest BCUT2D eigenvalue weighted by atomic mass is 19.4. The van der Waals surface area contributed by atoms with Crippen LogP contribution in [-0.2, 0) is 6.61 Å². The predicted molar refractivity (Wildman–Crippen MR) is 56.7 cm³/mol. The van der Waals surface area contributed by atoms with Crippen molar-refractivity contribution in [3.8, 4) is 17.1 Å². The van der Waals surface area contributed by atoms with Gasteiger partial charge in [0.2, 0.25) is 0 Å². The fourth-order valence-corrected chi connectivity index (χ4v) is 1.46. The van der Waals surface area contributed by atoms with Gasteiger partial charge < -0.3 is 14.3 Å². The number of aliphatic hydroxyl groups is 1. The molecule has 0 aliphatic carbocycles. The largest absolute Gasteiger partial charge is 0.573 e. The summed E-state index contributed by atoms with van der Waals surface area (Å²) in [5.41, 5.74) is 0.441. The molecular weight excluding hydrogens is 249 g/mol. The number of hydrogen-bond donors (Lipinski definition) is 1. The Kier molecular flexibility index (Phi) is 3.29. The average molecular weight is 258 g/mol. The minimum atomic E-state index is -4.72. The van der Waals surface area contributed by atoms with Crippen LogP contribution in [0.15, 0.2) is 40.8 Å². The Hall–Kier alpha value is -1.95. The molecule has 1 aromatic heterocycles. The van der Waals surface area contributed by atoms with Crippen molar-refractivity contribution in [3.05, 3.63) is 42.2 Å². The standard InChI is InChI=1S/C12H9F3O3/c13-12(14,15)18-9-3-1-2-8(6-9)11-5-4-10(7-16)17-11/h1-6,16H,7H2. The van der Waals surface area contributed by atoms with Gasteiger partial charge >= 0.3 is 6.36 Å². The molecule has 3 nitrogen and oxygen atoms in total. The normalized spacial score (nSPS) is 11.6. The molecule has 0 saturated heterocycles. The summed E-state index contributed by atoms with van der Waals surface area (Å²) >= 11 is 0. The van der Waals surface area contributed by atoms with E-state index in [2.05, 4.69) is 4.74 Å². The second kappa shape index (κ2) is 4.73. The summed E-state index contributed by atoms with van der Waals surface area (Å²) < 4.78 is 45.2. The van der Waals surface area contributed by atoms with Gasteiger partial charge in [0.15, 0.2) is 0 Å². The Bertz CT molecular complexity index is 531. The first-order valence-corrected chi connectivity index (χ1v) is 5.04. The minimum Gasteiger partial charge on any atom is -0.459 e. The van der Waals surface area contributed by atoms with Gasteiger partial charge in [-0.1, -0.05) is 12.1 Å². The first kappa shape index (κ1) is 12.5. The highest BCUT2D eigenvalue weighted by molar-refractivity contribution is 5.59. The molecule has 0 atom stereocenters. The molecule has 1 aromatic carbocycles. The van der Waals surface area contributed by atoms with Gasteiger partial charge in [-0.05, 0) is 24.3 Å². The summed E-state index contributed by atoms with van der Waals surface area (Å²) in [6, 6.07) is 8.55. The molecule has 0 bridgehead atoms. The molecule has 1 heterocycles. The van der Waals surface area contributed by atoms with E-state index in [1.807, 2.05) is 0 Å². The van der Waals surface area contributed by atoms with E-state index in [1.54, 1.807) is 18.2 Å². The molecule has 0 spiro atoms. The Morgan fingerprint density at radius 1 is 1.17 bits per heavy atom. The number of hydrogen-bond acceptors (Lipinski definition) is 3. The Morgan fingerprint density at radius 2 is 1.94 bits per heavy atom. The smallest absolute Gasteiger partial charge is 0.459 e. The molecule has 2 rings (SSSR count). The van der Waals surface area contributed by atoms with Crippen molar-refractivity contribution in [2.24, 2.45) is 0 Å². The van der Waals surface area contributed by atoms with Gasteiger partial charge in [-0.15, -0.1) is 13.2 Å². The van der Waals surface area contributed by atoms with E-state index in [0.717, 1.165) is 0 Å². The molecule has 96 valence electrons. The molecule has 2 aromatic rings.